The molecule has 2 aromatic rings. The largest absolute Gasteiger partial charge is 0.326 e. The van der Waals surface area contributed by atoms with Crippen LogP contribution in [0.25, 0.3) is 0 Å². The maximum atomic E-state index is 13.1. The van der Waals surface area contributed by atoms with Crippen molar-refractivity contribution in [2.45, 2.75) is 69.4 Å². The van der Waals surface area contributed by atoms with E-state index in [4.69, 9.17) is 0 Å². The number of piperidine rings is 1. The smallest absolute Gasteiger partial charge is 0.243 e. The Morgan fingerprint density at radius 2 is 1.61 bits per heavy atom. The molecule has 176 valence electrons. The zero-order chi connectivity index (χ0) is 23.6. The monoisotopic (exact) mass is 469 g/mol. The van der Waals surface area contributed by atoms with Crippen molar-refractivity contribution in [1.82, 2.24) is 4.31 Å². The Morgan fingerprint density at radius 3 is 2.18 bits per heavy atom. The van der Waals surface area contributed by atoms with Crippen molar-refractivity contribution in [2.24, 2.45) is 0 Å². The number of hydrogen-bond donors (Lipinski definition) is 1. The molecule has 1 N–H and O–H groups in total. The molecule has 2 aliphatic heterocycles. The number of carbonyl (C=O) groups excluding carboxylic acids is 2. The van der Waals surface area contributed by atoms with E-state index >= 15 is 0 Å². The standard InChI is InChI=1S/C25H31N3O4S/c1-18-5-3-6-19(2)28(18)33(31,32)23-14-10-21(11-15-23)26-24(29)17-20-8-12-22(13-9-20)27-16-4-7-25(27)30/h8-15,18-19H,3-7,16-17H2,1-2H3,(H,26,29)/t18-,19+. The molecule has 0 aromatic heterocycles. The van der Waals surface area contributed by atoms with E-state index in [1.807, 2.05) is 38.1 Å². The quantitative estimate of drug-likeness (QED) is 0.694. The highest BCUT2D eigenvalue weighted by Crippen LogP contribution is 2.30. The van der Waals surface area contributed by atoms with E-state index < -0.39 is 10.0 Å². The zero-order valence-electron chi connectivity index (χ0n) is 19.2. The lowest BCUT2D eigenvalue weighted by molar-refractivity contribution is -0.117. The van der Waals surface area contributed by atoms with E-state index in [1.165, 1.54) is 0 Å². The van der Waals surface area contributed by atoms with E-state index in [1.54, 1.807) is 33.5 Å². The minimum atomic E-state index is -3.58. The molecule has 2 saturated heterocycles. The predicted octanol–water partition coefficient (Wildman–Crippen LogP) is 3.95. The number of hydrogen-bond acceptors (Lipinski definition) is 4. The molecule has 0 saturated carbocycles. The van der Waals surface area contributed by atoms with Gasteiger partial charge in [0.1, 0.15) is 0 Å². The molecule has 0 spiro atoms. The summed E-state index contributed by atoms with van der Waals surface area (Å²) >= 11 is 0. The topological polar surface area (TPSA) is 86.8 Å². The molecule has 4 rings (SSSR count). The summed E-state index contributed by atoms with van der Waals surface area (Å²) in [5.41, 5.74) is 2.25. The Hall–Kier alpha value is -2.71. The van der Waals surface area contributed by atoms with Crippen LogP contribution in [0.15, 0.2) is 53.4 Å². The molecule has 0 aliphatic carbocycles. The fourth-order valence-electron chi connectivity index (χ4n) is 4.81. The molecule has 7 nitrogen and oxygen atoms in total. The third-order valence-electron chi connectivity index (χ3n) is 6.51. The summed E-state index contributed by atoms with van der Waals surface area (Å²) in [7, 11) is -3.58. The van der Waals surface area contributed by atoms with Gasteiger partial charge in [0.15, 0.2) is 0 Å². The second-order valence-electron chi connectivity index (χ2n) is 9.03. The number of amides is 2. The van der Waals surface area contributed by atoms with Crippen molar-refractivity contribution in [3.63, 3.8) is 0 Å². The number of nitrogens with one attached hydrogen (secondary N) is 1. The summed E-state index contributed by atoms with van der Waals surface area (Å²) in [6.07, 6.45) is 4.43. The highest BCUT2D eigenvalue weighted by Gasteiger charge is 2.35. The van der Waals surface area contributed by atoms with Crippen molar-refractivity contribution >= 4 is 33.2 Å². The minimum absolute atomic E-state index is 0.0203. The first kappa shape index (κ1) is 23.4. The number of benzene rings is 2. The van der Waals surface area contributed by atoms with Gasteiger partial charge in [0.2, 0.25) is 21.8 Å². The SMILES string of the molecule is C[C@@H]1CCC[C@H](C)N1S(=O)(=O)c1ccc(NC(=O)Cc2ccc(N3CCCC3=O)cc2)cc1. The summed E-state index contributed by atoms with van der Waals surface area (Å²) < 4.78 is 27.9. The van der Waals surface area contributed by atoms with Crippen molar-refractivity contribution in [2.75, 3.05) is 16.8 Å². The van der Waals surface area contributed by atoms with Crippen LogP contribution in [0.5, 0.6) is 0 Å². The van der Waals surface area contributed by atoms with Gasteiger partial charge in [0.05, 0.1) is 11.3 Å². The molecular weight excluding hydrogens is 438 g/mol. The molecule has 2 amide bonds. The van der Waals surface area contributed by atoms with Crippen LogP contribution < -0.4 is 10.2 Å². The molecule has 33 heavy (non-hydrogen) atoms. The van der Waals surface area contributed by atoms with Gasteiger partial charge in [-0.15, -0.1) is 0 Å². The van der Waals surface area contributed by atoms with Crippen molar-refractivity contribution in [3.8, 4) is 0 Å². The number of nitrogens with zero attached hydrogens (tertiary/aromatic N) is 2. The normalized spacial score (nSPS) is 21.9. The molecule has 2 heterocycles. The van der Waals surface area contributed by atoms with Crippen LogP contribution in [0.2, 0.25) is 0 Å². The predicted molar refractivity (Wildman–Crippen MR) is 129 cm³/mol. The summed E-state index contributed by atoms with van der Waals surface area (Å²) in [5, 5.41) is 2.83. The molecule has 2 aromatic carbocycles. The van der Waals surface area contributed by atoms with Crippen molar-refractivity contribution < 1.29 is 18.0 Å². The van der Waals surface area contributed by atoms with E-state index in [0.29, 0.717) is 12.1 Å². The average Bonchev–Trinajstić information content (AvgIpc) is 3.20. The highest BCUT2D eigenvalue weighted by molar-refractivity contribution is 7.89. The lowest BCUT2D eigenvalue weighted by Crippen LogP contribution is -2.47. The molecule has 0 bridgehead atoms. The Balaban J connectivity index is 1.37. The summed E-state index contributed by atoms with van der Waals surface area (Å²) in [6, 6.07) is 13.8. The Bertz CT molecular complexity index is 1100. The molecule has 2 aliphatic rings. The van der Waals surface area contributed by atoms with Crippen molar-refractivity contribution in [3.05, 3.63) is 54.1 Å². The van der Waals surface area contributed by atoms with Crippen LogP contribution in [0.1, 0.15) is 51.5 Å². The van der Waals surface area contributed by atoms with Gasteiger partial charge in [-0.05, 0) is 75.1 Å². The van der Waals surface area contributed by atoms with Crippen molar-refractivity contribution in [1.29, 1.82) is 0 Å². The third kappa shape index (κ3) is 5.12. The maximum absolute atomic E-state index is 13.1. The number of anilines is 2. The van der Waals surface area contributed by atoms with E-state index in [0.717, 1.165) is 43.5 Å². The first-order chi connectivity index (χ1) is 15.8. The van der Waals surface area contributed by atoms with E-state index in [-0.39, 0.29) is 35.2 Å². The van der Waals surface area contributed by atoms with Crippen LogP contribution in [-0.2, 0) is 26.0 Å². The lowest BCUT2D eigenvalue weighted by atomic mass is 10.0. The fraction of sp³-hybridized carbons (Fsp3) is 0.440. The average molecular weight is 470 g/mol. The van der Waals surface area contributed by atoms with Crippen LogP contribution in [0, 0.1) is 0 Å². The first-order valence-electron chi connectivity index (χ1n) is 11.6. The Kier molecular flexibility index (Phi) is 6.86. The number of sulfonamides is 1. The third-order valence-corrected chi connectivity index (χ3v) is 8.65. The molecule has 0 radical (unpaired) electrons. The first-order valence-corrected chi connectivity index (χ1v) is 13.0. The number of rotatable bonds is 6. The zero-order valence-corrected chi connectivity index (χ0v) is 20.0. The van der Waals surface area contributed by atoms with Crippen LogP contribution >= 0.6 is 0 Å². The molecular formula is C25H31N3O4S. The second-order valence-corrected chi connectivity index (χ2v) is 10.9. The summed E-state index contributed by atoms with van der Waals surface area (Å²) in [6.45, 7) is 4.65. The molecule has 2 fully saturated rings. The molecule has 8 heteroatoms. The van der Waals surface area contributed by atoms with Gasteiger partial charge in [-0.1, -0.05) is 18.6 Å². The maximum Gasteiger partial charge on any atom is 0.243 e. The fourth-order valence-corrected chi connectivity index (χ4v) is 6.69. The van der Waals surface area contributed by atoms with Gasteiger partial charge in [-0.25, -0.2) is 8.42 Å². The minimum Gasteiger partial charge on any atom is -0.326 e. The van der Waals surface area contributed by atoms with Gasteiger partial charge in [-0.3, -0.25) is 9.59 Å². The second kappa shape index (κ2) is 9.65. The van der Waals surface area contributed by atoms with Crippen LogP contribution in [0.3, 0.4) is 0 Å². The summed E-state index contributed by atoms with van der Waals surface area (Å²) in [5.74, 6) is -0.0518. The van der Waals surface area contributed by atoms with E-state index in [9.17, 15) is 18.0 Å². The van der Waals surface area contributed by atoms with Gasteiger partial charge >= 0.3 is 0 Å². The van der Waals surface area contributed by atoms with Crippen LogP contribution in [0.4, 0.5) is 11.4 Å². The lowest BCUT2D eigenvalue weighted by Gasteiger charge is -2.37. The highest BCUT2D eigenvalue weighted by atomic mass is 32.2. The number of carbonyl (C=O) groups is 2. The van der Waals surface area contributed by atoms with Gasteiger partial charge in [-0.2, -0.15) is 4.31 Å². The van der Waals surface area contributed by atoms with Crippen LogP contribution in [-0.4, -0.2) is 43.2 Å². The molecule has 2 atom stereocenters. The van der Waals surface area contributed by atoms with E-state index in [2.05, 4.69) is 5.32 Å². The van der Waals surface area contributed by atoms with Gasteiger partial charge < -0.3 is 10.2 Å². The Morgan fingerprint density at radius 1 is 0.970 bits per heavy atom. The van der Waals surface area contributed by atoms with Gasteiger partial charge in [0, 0.05) is 36.4 Å². The van der Waals surface area contributed by atoms with Gasteiger partial charge in [0.25, 0.3) is 0 Å². The molecule has 0 unspecified atom stereocenters. The summed E-state index contributed by atoms with van der Waals surface area (Å²) in [4.78, 5) is 26.4. The Labute approximate surface area is 195 Å².